The lowest BCUT2D eigenvalue weighted by molar-refractivity contribution is 0.765. The van der Waals surface area contributed by atoms with E-state index in [2.05, 4.69) is 46.4 Å². The molecule has 18 heavy (non-hydrogen) atoms. The summed E-state index contributed by atoms with van der Waals surface area (Å²) in [7, 11) is 0. The highest BCUT2D eigenvalue weighted by atomic mass is 127. The van der Waals surface area contributed by atoms with Crippen molar-refractivity contribution in [2.24, 2.45) is 10.7 Å². The summed E-state index contributed by atoms with van der Waals surface area (Å²) in [6, 6.07) is 9.83. The highest BCUT2D eigenvalue weighted by Gasteiger charge is 1.97. The van der Waals surface area contributed by atoms with Crippen LogP contribution in [0, 0.1) is 0 Å². The molecule has 96 valence electrons. The minimum atomic E-state index is 0.665. The Morgan fingerprint density at radius 1 is 1.44 bits per heavy atom. The highest BCUT2D eigenvalue weighted by Crippen LogP contribution is 2.10. The van der Waals surface area contributed by atoms with Gasteiger partial charge in [0.25, 0.3) is 0 Å². The van der Waals surface area contributed by atoms with Gasteiger partial charge in [-0.05, 0) is 40.7 Å². The van der Waals surface area contributed by atoms with E-state index >= 15 is 0 Å². The smallest absolute Gasteiger partial charge is 0.119 e. The second-order valence-electron chi connectivity index (χ2n) is 3.77. The van der Waals surface area contributed by atoms with Crippen molar-refractivity contribution < 1.29 is 0 Å². The van der Waals surface area contributed by atoms with Crippen molar-refractivity contribution in [2.75, 3.05) is 6.54 Å². The van der Waals surface area contributed by atoms with Crippen molar-refractivity contribution in [3.63, 3.8) is 0 Å². The van der Waals surface area contributed by atoms with Gasteiger partial charge in [-0.15, -0.1) is 0 Å². The van der Waals surface area contributed by atoms with Crippen molar-refractivity contribution in [2.45, 2.75) is 13.3 Å². The lowest BCUT2D eigenvalue weighted by Gasteiger charge is -2.04. The summed E-state index contributed by atoms with van der Waals surface area (Å²) < 4.78 is 0.808. The van der Waals surface area contributed by atoms with Crippen molar-refractivity contribution in [3.8, 4) is 0 Å². The van der Waals surface area contributed by atoms with E-state index in [9.17, 15) is 0 Å². The Balaban J connectivity index is 2.70. The fourth-order valence-electron chi connectivity index (χ4n) is 1.31. The number of hydrogen-bond donors (Lipinski definition) is 2. The zero-order valence-electron chi connectivity index (χ0n) is 10.5. The van der Waals surface area contributed by atoms with Crippen LogP contribution in [0.25, 0.3) is 5.70 Å². The predicted molar refractivity (Wildman–Crippen MR) is 87.5 cm³/mol. The number of rotatable bonds is 6. The van der Waals surface area contributed by atoms with Gasteiger partial charge in [-0.25, -0.2) is 4.99 Å². The first-order valence-electron chi connectivity index (χ1n) is 5.83. The Morgan fingerprint density at radius 2 is 2.11 bits per heavy atom. The summed E-state index contributed by atoms with van der Waals surface area (Å²) in [5, 5.41) is 3.12. The summed E-state index contributed by atoms with van der Waals surface area (Å²) in [5.74, 6) is 0.665. The van der Waals surface area contributed by atoms with Crippen LogP contribution < -0.4 is 11.1 Å². The van der Waals surface area contributed by atoms with Crippen LogP contribution in [0.4, 0.5) is 0 Å². The molecule has 0 amide bonds. The van der Waals surface area contributed by atoms with E-state index < -0.39 is 0 Å². The third kappa shape index (κ3) is 5.35. The molecule has 0 saturated carbocycles. The number of nitrogens with one attached hydrogen (secondary N) is 1. The van der Waals surface area contributed by atoms with E-state index in [-0.39, 0.29) is 0 Å². The molecule has 3 nitrogen and oxygen atoms in total. The third-order valence-electron chi connectivity index (χ3n) is 2.20. The number of nitrogens with two attached hydrogens (primary N) is 1. The maximum Gasteiger partial charge on any atom is 0.119 e. The van der Waals surface area contributed by atoms with Crippen molar-refractivity contribution in [3.05, 3.63) is 54.4 Å². The molecule has 3 N–H and O–H groups in total. The van der Waals surface area contributed by atoms with Gasteiger partial charge < -0.3 is 11.1 Å². The summed E-state index contributed by atoms with van der Waals surface area (Å²) >= 11 is 2.14. The van der Waals surface area contributed by atoms with Crippen LogP contribution in [0.15, 0.2) is 53.8 Å². The predicted octanol–water partition coefficient (Wildman–Crippen LogP) is 3.29. The second-order valence-corrected chi connectivity index (χ2v) is 4.88. The zero-order valence-corrected chi connectivity index (χ0v) is 12.6. The molecule has 0 spiro atoms. The molecule has 1 aromatic rings. The van der Waals surface area contributed by atoms with Gasteiger partial charge in [0.1, 0.15) is 9.54 Å². The van der Waals surface area contributed by atoms with Crippen LogP contribution in [0.2, 0.25) is 0 Å². The molecular formula is C14H18IN3. The van der Waals surface area contributed by atoms with Crippen LogP contribution in [0.1, 0.15) is 18.9 Å². The Morgan fingerprint density at radius 3 is 2.72 bits per heavy atom. The van der Waals surface area contributed by atoms with Gasteiger partial charge in [0, 0.05) is 12.2 Å². The van der Waals surface area contributed by atoms with E-state index in [0.29, 0.717) is 11.5 Å². The van der Waals surface area contributed by atoms with E-state index in [4.69, 9.17) is 5.73 Å². The second kappa shape index (κ2) is 7.92. The van der Waals surface area contributed by atoms with E-state index in [1.165, 1.54) is 0 Å². The lowest BCUT2D eigenvalue weighted by atomic mass is 10.1. The Bertz CT molecular complexity index is 449. The molecule has 0 aliphatic heterocycles. The summed E-state index contributed by atoms with van der Waals surface area (Å²) in [6.07, 6.45) is 2.89. The normalized spacial score (nSPS) is 12.3. The lowest BCUT2D eigenvalue weighted by Crippen LogP contribution is -2.12. The highest BCUT2D eigenvalue weighted by molar-refractivity contribution is 14.1. The molecule has 0 unspecified atom stereocenters. The number of benzene rings is 1. The minimum absolute atomic E-state index is 0.665. The first-order chi connectivity index (χ1) is 8.63. The van der Waals surface area contributed by atoms with Crippen LogP contribution >= 0.6 is 22.6 Å². The van der Waals surface area contributed by atoms with Gasteiger partial charge in [0.05, 0.1) is 0 Å². The fraction of sp³-hybridized carbons (Fsp3) is 0.214. The largest absolute Gasteiger partial charge is 0.398 e. The number of allylic oxidation sites excluding steroid dienone is 1. The molecule has 0 radical (unpaired) electrons. The molecule has 0 fully saturated rings. The quantitative estimate of drug-likeness (QED) is 0.608. The van der Waals surface area contributed by atoms with E-state index in [0.717, 1.165) is 22.2 Å². The molecule has 0 saturated heterocycles. The summed E-state index contributed by atoms with van der Waals surface area (Å²) in [5.41, 5.74) is 7.69. The topological polar surface area (TPSA) is 50.4 Å². The zero-order chi connectivity index (χ0) is 13.4. The molecule has 0 aromatic heterocycles. The minimum Gasteiger partial charge on any atom is -0.398 e. The van der Waals surface area contributed by atoms with Gasteiger partial charge in [-0.1, -0.05) is 43.8 Å². The van der Waals surface area contributed by atoms with Gasteiger partial charge in [0.2, 0.25) is 0 Å². The Kier molecular flexibility index (Phi) is 6.49. The SMILES string of the molecule is C=C(/N=C(I)\C=C(/N)c1ccccc1)NCCC. The first-order valence-corrected chi connectivity index (χ1v) is 6.91. The van der Waals surface area contributed by atoms with Gasteiger partial charge in [0.15, 0.2) is 0 Å². The number of aliphatic imine (C=N–C) groups is 1. The van der Waals surface area contributed by atoms with Gasteiger partial charge in [-0.3, -0.25) is 0 Å². The molecule has 1 aromatic carbocycles. The molecule has 0 heterocycles. The molecule has 0 atom stereocenters. The molecular weight excluding hydrogens is 337 g/mol. The molecule has 0 bridgehead atoms. The number of hydrogen-bond acceptors (Lipinski definition) is 3. The molecule has 0 aliphatic rings. The standard InChI is InChI=1S/C14H18IN3/c1-3-9-17-11(2)18-14(15)10-13(16)12-7-5-4-6-8-12/h4-8,10,17H,2-3,9,16H2,1H3/b13-10-,18-14+. The Labute approximate surface area is 122 Å². The van der Waals surface area contributed by atoms with E-state index in [1.807, 2.05) is 36.4 Å². The van der Waals surface area contributed by atoms with Crippen LogP contribution in [0.5, 0.6) is 0 Å². The van der Waals surface area contributed by atoms with Crippen molar-refractivity contribution in [1.29, 1.82) is 0 Å². The van der Waals surface area contributed by atoms with Crippen LogP contribution in [-0.4, -0.2) is 10.3 Å². The maximum absolute atomic E-state index is 6.00. The van der Waals surface area contributed by atoms with Crippen molar-refractivity contribution in [1.82, 2.24) is 5.32 Å². The summed E-state index contributed by atoms with van der Waals surface area (Å²) in [6.45, 7) is 6.82. The van der Waals surface area contributed by atoms with Crippen LogP contribution in [-0.2, 0) is 0 Å². The third-order valence-corrected chi connectivity index (χ3v) is 2.76. The first kappa shape index (κ1) is 14.8. The van der Waals surface area contributed by atoms with Crippen molar-refractivity contribution >= 4 is 32.0 Å². The average molecular weight is 355 g/mol. The van der Waals surface area contributed by atoms with Crippen LogP contribution in [0.3, 0.4) is 0 Å². The van der Waals surface area contributed by atoms with E-state index in [1.54, 1.807) is 0 Å². The van der Waals surface area contributed by atoms with Gasteiger partial charge in [-0.2, -0.15) is 0 Å². The Hall–Kier alpha value is -1.30. The number of nitrogens with zero attached hydrogens (tertiary/aromatic N) is 1. The maximum atomic E-state index is 6.00. The number of halogens is 1. The average Bonchev–Trinajstić information content (AvgIpc) is 2.37. The molecule has 1 rings (SSSR count). The monoisotopic (exact) mass is 355 g/mol. The van der Waals surface area contributed by atoms with Gasteiger partial charge >= 0.3 is 0 Å². The summed E-state index contributed by atoms with van der Waals surface area (Å²) in [4.78, 5) is 4.32. The molecule has 4 heteroatoms. The fourth-order valence-corrected chi connectivity index (χ4v) is 1.94. The molecule has 0 aliphatic carbocycles.